The molecule has 0 radical (unpaired) electrons. The summed E-state index contributed by atoms with van der Waals surface area (Å²) in [6.45, 7) is 11.9. The predicted molar refractivity (Wildman–Crippen MR) is 144 cm³/mol. The van der Waals surface area contributed by atoms with E-state index in [1.54, 1.807) is 12.4 Å². The molecule has 9 heteroatoms. The summed E-state index contributed by atoms with van der Waals surface area (Å²) >= 11 is 0. The van der Waals surface area contributed by atoms with Crippen molar-refractivity contribution in [3.8, 4) is 12.1 Å². The van der Waals surface area contributed by atoms with Gasteiger partial charge in [0, 0.05) is 37.5 Å². The van der Waals surface area contributed by atoms with Crippen LogP contribution < -0.4 is 25.7 Å². The molecular weight excluding hydrogens is 440 g/mol. The highest BCUT2D eigenvalue weighted by atomic mass is 16.5. The number of anilines is 2. The van der Waals surface area contributed by atoms with Gasteiger partial charge in [-0.2, -0.15) is 15.3 Å². The molecule has 0 fully saturated rings. The summed E-state index contributed by atoms with van der Waals surface area (Å²) in [6, 6.07) is 12.1. The first-order valence-electron chi connectivity index (χ1n) is 12.3. The van der Waals surface area contributed by atoms with Crippen molar-refractivity contribution in [2.24, 2.45) is 10.1 Å². The molecule has 0 aliphatic heterocycles. The number of pyridine rings is 1. The summed E-state index contributed by atoms with van der Waals surface area (Å²) in [5.74, 6) is 1.57. The van der Waals surface area contributed by atoms with Gasteiger partial charge in [0.05, 0.1) is 12.8 Å². The number of aryl methyl sites for hydroxylation is 1. The van der Waals surface area contributed by atoms with E-state index < -0.39 is 0 Å². The molecule has 0 aliphatic carbocycles. The summed E-state index contributed by atoms with van der Waals surface area (Å²) in [6.07, 6.45) is 6.61. The molecule has 1 aromatic carbocycles. The molecule has 3 N–H and O–H groups in total. The van der Waals surface area contributed by atoms with Gasteiger partial charge in [0.2, 0.25) is 18.0 Å². The molecule has 188 valence electrons. The highest BCUT2D eigenvalue weighted by Gasteiger charge is 2.10. The van der Waals surface area contributed by atoms with Crippen LogP contribution in [0, 0.1) is 18.4 Å². The number of aliphatic imine (C=N–C) groups is 1. The smallest absolute Gasteiger partial charge is 0.217 e. The summed E-state index contributed by atoms with van der Waals surface area (Å²) in [5, 5.41) is 19.4. The monoisotopic (exact) mass is 478 g/mol. The number of nitriles is 1. The maximum absolute atomic E-state index is 8.85. The molecule has 35 heavy (non-hydrogen) atoms. The van der Waals surface area contributed by atoms with Crippen LogP contribution in [0.5, 0.6) is 5.88 Å². The second kappa shape index (κ2) is 15.9. The van der Waals surface area contributed by atoms with Crippen LogP contribution in [0.3, 0.4) is 0 Å². The average molecular weight is 479 g/mol. The second-order valence-corrected chi connectivity index (χ2v) is 8.08. The lowest BCUT2D eigenvalue weighted by Crippen LogP contribution is -2.39. The maximum Gasteiger partial charge on any atom is 0.217 e. The van der Waals surface area contributed by atoms with Gasteiger partial charge >= 0.3 is 0 Å². The normalized spacial score (nSPS) is 11.2. The Balaban J connectivity index is 2.12. The van der Waals surface area contributed by atoms with Gasteiger partial charge in [-0.05, 0) is 31.7 Å². The molecule has 0 spiro atoms. The molecule has 1 heterocycles. The molecule has 0 saturated heterocycles. The lowest BCUT2D eigenvalue weighted by atomic mass is 10.2. The molecular formula is C26H38N8O. The SMILES string of the molecule is CCCN/C(=N\C#N)NCCOc1cc(N(CCC)CCC)cc(N/N=C/c2cccc(C)c2)n1. The predicted octanol–water partition coefficient (Wildman–Crippen LogP) is 4.27. The van der Waals surface area contributed by atoms with Crippen LogP contribution in [0.15, 0.2) is 46.5 Å². The summed E-state index contributed by atoms with van der Waals surface area (Å²) < 4.78 is 5.95. The van der Waals surface area contributed by atoms with Gasteiger partial charge in [-0.15, -0.1) is 4.99 Å². The van der Waals surface area contributed by atoms with Crippen LogP contribution in [-0.4, -0.2) is 49.9 Å². The number of hydrogen-bond donors (Lipinski definition) is 3. The lowest BCUT2D eigenvalue weighted by Gasteiger charge is -2.24. The van der Waals surface area contributed by atoms with Crippen LogP contribution in [0.2, 0.25) is 0 Å². The molecule has 9 nitrogen and oxygen atoms in total. The van der Waals surface area contributed by atoms with Crippen LogP contribution in [-0.2, 0) is 0 Å². The van der Waals surface area contributed by atoms with Gasteiger partial charge in [0.15, 0.2) is 5.82 Å². The zero-order valence-electron chi connectivity index (χ0n) is 21.3. The number of benzene rings is 1. The number of hydrazone groups is 1. The van der Waals surface area contributed by atoms with Crippen molar-refractivity contribution in [1.82, 2.24) is 15.6 Å². The van der Waals surface area contributed by atoms with Crippen LogP contribution in [0.1, 0.15) is 51.2 Å². The van der Waals surface area contributed by atoms with E-state index in [1.807, 2.05) is 24.3 Å². The zero-order chi connectivity index (χ0) is 25.3. The van der Waals surface area contributed by atoms with Crippen molar-refractivity contribution in [2.45, 2.75) is 47.0 Å². The topological polar surface area (TPSA) is 110 Å². The molecule has 0 atom stereocenters. The van der Waals surface area contributed by atoms with Gasteiger partial charge in [-0.3, -0.25) is 5.43 Å². The van der Waals surface area contributed by atoms with E-state index in [0.717, 1.165) is 50.1 Å². The Morgan fingerprint density at radius 2 is 1.86 bits per heavy atom. The minimum absolute atomic E-state index is 0.363. The fraction of sp³-hybridized carbons (Fsp3) is 0.462. The Kier molecular flexibility index (Phi) is 12.5. The number of hydrogen-bond acceptors (Lipinski definition) is 7. The fourth-order valence-electron chi connectivity index (χ4n) is 3.40. The molecule has 0 bridgehead atoms. The molecule has 2 rings (SSSR count). The van der Waals surface area contributed by atoms with Crippen molar-refractivity contribution in [3.05, 3.63) is 47.5 Å². The number of aromatic nitrogens is 1. The van der Waals surface area contributed by atoms with Crippen molar-refractivity contribution < 1.29 is 4.74 Å². The maximum atomic E-state index is 8.85. The molecule has 1 aromatic heterocycles. The first-order valence-corrected chi connectivity index (χ1v) is 12.3. The Hall–Kier alpha value is -3.80. The molecule has 0 aliphatic rings. The van der Waals surface area contributed by atoms with Gasteiger partial charge in [-0.1, -0.05) is 50.6 Å². The first kappa shape index (κ1) is 27.4. The van der Waals surface area contributed by atoms with E-state index in [1.165, 1.54) is 5.56 Å². The minimum atomic E-state index is 0.363. The number of ether oxygens (including phenoxy) is 1. The van der Waals surface area contributed by atoms with Crippen molar-refractivity contribution in [1.29, 1.82) is 5.26 Å². The van der Waals surface area contributed by atoms with Crippen LogP contribution in [0.25, 0.3) is 0 Å². The number of nitrogens with one attached hydrogen (secondary N) is 3. The molecule has 2 aromatic rings. The Morgan fingerprint density at radius 1 is 1.09 bits per heavy atom. The van der Waals surface area contributed by atoms with Gasteiger partial charge in [0.1, 0.15) is 6.61 Å². The van der Waals surface area contributed by atoms with Gasteiger partial charge in [-0.25, -0.2) is 0 Å². The number of rotatable bonds is 14. The van der Waals surface area contributed by atoms with E-state index in [-0.39, 0.29) is 0 Å². The van der Waals surface area contributed by atoms with Crippen molar-refractivity contribution >= 4 is 23.7 Å². The third kappa shape index (κ3) is 10.3. The van der Waals surface area contributed by atoms with E-state index in [9.17, 15) is 0 Å². The highest BCUT2D eigenvalue weighted by Crippen LogP contribution is 2.24. The molecule has 0 amide bonds. The number of nitrogens with zero attached hydrogens (tertiary/aromatic N) is 5. The minimum Gasteiger partial charge on any atom is -0.476 e. The Labute approximate surface area is 209 Å². The lowest BCUT2D eigenvalue weighted by molar-refractivity contribution is 0.310. The van der Waals surface area contributed by atoms with Crippen molar-refractivity contribution in [2.75, 3.05) is 43.1 Å². The summed E-state index contributed by atoms with van der Waals surface area (Å²) in [5.41, 5.74) is 6.29. The van der Waals surface area contributed by atoms with Crippen LogP contribution >= 0.6 is 0 Å². The van der Waals surface area contributed by atoms with Crippen molar-refractivity contribution in [3.63, 3.8) is 0 Å². The third-order valence-electron chi connectivity index (χ3n) is 4.92. The zero-order valence-corrected chi connectivity index (χ0v) is 21.3. The Morgan fingerprint density at radius 3 is 2.54 bits per heavy atom. The Bertz CT molecular complexity index is 993. The third-order valence-corrected chi connectivity index (χ3v) is 4.92. The first-order chi connectivity index (χ1) is 17.1. The van der Waals surface area contributed by atoms with Gasteiger partial charge in [0.25, 0.3) is 0 Å². The van der Waals surface area contributed by atoms with E-state index in [2.05, 4.69) is 75.9 Å². The molecule has 0 saturated carbocycles. The highest BCUT2D eigenvalue weighted by molar-refractivity contribution is 5.81. The summed E-state index contributed by atoms with van der Waals surface area (Å²) in [7, 11) is 0. The number of guanidine groups is 1. The summed E-state index contributed by atoms with van der Waals surface area (Å²) in [4.78, 5) is 10.7. The molecule has 0 unspecified atom stereocenters. The van der Waals surface area contributed by atoms with E-state index >= 15 is 0 Å². The second-order valence-electron chi connectivity index (χ2n) is 8.08. The van der Waals surface area contributed by atoms with E-state index in [0.29, 0.717) is 30.8 Å². The van der Waals surface area contributed by atoms with E-state index in [4.69, 9.17) is 10.00 Å². The largest absolute Gasteiger partial charge is 0.476 e. The van der Waals surface area contributed by atoms with Gasteiger partial charge < -0.3 is 20.3 Å². The van der Waals surface area contributed by atoms with Crippen LogP contribution in [0.4, 0.5) is 11.5 Å². The fourth-order valence-corrected chi connectivity index (χ4v) is 3.40. The standard InChI is InChI=1S/C26H38N8O/c1-5-11-28-26(30-20-27)29-12-15-35-25-18-23(34(13-6-2)14-7-3)17-24(32-25)33-31-19-22-10-8-9-21(4)16-22/h8-10,16-19H,5-7,11-15H2,1-4H3,(H,32,33)(H2,28,29,30)/b31-19+. The quantitative estimate of drug-likeness (QED) is 0.122. The average Bonchev–Trinajstić information content (AvgIpc) is 2.85.